The number of aromatic nitrogens is 3. The van der Waals surface area contributed by atoms with E-state index >= 15 is 0 Å². The van der Waals surface area contributed by atoms with Gasteiger partial charge in [-0.25, -0.2) is 9.50 Å². The number of hydrogen-bond donors (Lipinski definition) is 0. The summed E-state index contributed by atoms with van der Waals surface area (Å²) in [5.41, 5.74) is 4.72. The van der Waals surface area contributed by atoms with Gasteiger partial charge in [-0.15, -0.1) is 9.39 Å². The van der Waals surface area contributed by atoms with Crippen LogP contribution in [0.4, 0.5) is 0 Å². The molecule has 3 heterocycles. The quantitative estimate of drug-likeness (QED) is 0.384. The van der Waals surface area contributed by atoms with E-state index in [0.29, 0.717) is 5.92 Å². The molecule has 1 aromatic carbocycles. The van der Waals surface area contributed by atoms with Gasteiger partial charge in [-0.1, -0.05) is 44.6 Å². The van der Waals surface area contributed by atoms with Gasteiger partial charge in [0.25, 0.3) is 0 Å². The minimum Gasteiger partial charge on any atom is -0.257 e. The van der Waals surface area contributed by atoms with Crippen molar-refractivity contribution < 1.29 is 0 Å². The van der Waals surface area contributed by atoms with Crippen molar-refractivity contribution >= 4 is 42.7 Å². The van der Waals surface area contributed by atoms with Crippen LogP contribution in [0.2, 0.25) is 0 Å². The molecule has 2 aromatic heterocycles. The first-order valence-electron chi connectivity index (χ1n) is 11.0. The predicted molar refractivity (Wildman–Crippen MR) is 139 cm³/mol. The molecule has 1 saturated heterocycles. The lowest BCUT2D eigenvalue weighted by Gasteiger charge is -2.38. The van der Waals surface area contributed by atoms with Crippen LogP contribution in [-0.2, 0) is 5.41 Å². The highest BCUT2D eigenvalue weighted by molar-refractivity contribution is 9.10. The smallest absolute Gasteiger partial charge is 0.169 e. The van der Waals surface area contributed by atoms with E-state index in [-0.39, 0.29) is 5.41 Å². The van der Waals surface area contributed by atoms with Gasteiger partial charge in [0.2, 0.25) is 0 Å². The second-order valence-electron chi connectivity index (χ2n) is 9.38. The predicted octanol–water partition coefficient (Wildman–Crippen LogP) is 6.31. The van der Waals surface area contributed by atoms with E-state index in [4.69, 9.17) is 4.98 Å². The molecule has 31 heavy (non-hydrogen) atoms. The molecule has 3 aromatic rings. The molecule has 0 aliphatic carbocycles. The Labute approximate surface area is 195 Å². The summed E-state index contributed by atoms with van der Waals surface area (Å²) in [6.07, 6.45) is 5.22. The molecule has 4 nitrogen and oxygen atoms in total. The Morgan fingerprint density at radius 2 is 1.94 bits per heavy atom. The van der Waals surface area contributed by atoms with Gasteiger partial charge in [0.15, 0.2) is 5.65 Å². The van der Waals surface area contributed by atoms with Crippen LogP contribution in [0.5, 0.6) is 0 Å². The molecule has 0 bridgehead atoms. The summed E-state index contributed by atoms with van der Waals surface area (Å²) in [5.74, 6) is 9.65. The molecule has 1 atom stereocenters. The van der Waals surface area contributed by atoms with Crippen molar-refractivity contribution in [3.8, 4) is 0 Å². The van der Waals surface area contributed by atoms with Crippen LogP contribution in [-0.4, -0.2) is 43.7 Å². The van der Waals surface area contributed by atoms with E-state index < -0.39 is 9.39 Å². The molecule has 4 rings (SSSR count). The molecule has 1 aliphatic heterocycles. The summed E-state index contributed by atoms with van der Waals surface area (Å²) >= 11 is 3.59. The number of hydrogen-bond acceptors (Lipinski definition) is 3. The number of nitrogens with zero attached hydrogens (tertiary/aromatic N) is 4. The molecule has 0 spiro atoms. The van der Waals surface area contributed by atoms with Gasteiger partial charge in [-0.2, -0.15) is 5.10 Å². The average Bonchev–Trinajstić information content (AvgIpc) is 3.15. The standard InChI is InChI=1S/C25H33BrN4S/c1-7-25(3,4)20-10-12-21(13-11-20)31(5,6)29-14-8-9-19(17-29)23-15-18(2)30-24(28-23)22(26)16-27-30/h10-13,15-16,19H,5-9,14,17H2,1-4H3. The largest absolute Gasteiger partial charge is 0.257 e. The molecule has 1 aliphatic rings. The van der Waals surface area contributed by atoms with Crippen molar-refractivity contribution in [2.75, 3.05) is 13.1 Å². The Hall–Kier alpha value is -1.63. The van der Waals surface area contributed by atoms with Gasteiger partial charge in [-0.3, -0.25) is 4.31 Å². The molecular formula is C25H33BrN4S. The molecular weight excluding hydrogens is 468 g/mol. The van der Waals surface area contributed by atoms with Crippen molar-refractivity contribution in [3.05, 3.63) is 58.0 Å². The zero-order valence-electron chi connectivity index (χ0n) is 19.1. The van der Waals surface area contributed by atoms with E-state index in [1.54, 1.807) is 0 Å². The van der Waals surface area contributed by atoms with Crippen LogP contribution in [0, 0.1) is 6.92 Å². The van der Waals surface area contributed by atoms with Gasteiger partial charge in [0.1, 0.15) is 0 Å². The van der Waals surface area contributed by atoms with Crippen molar-refractivity contribution in [1.82, 2.24) is 18.9 Å². The van der Waals surface area contributed by atoms with E-state index in [1.165, 1.54) is 10.5 Å². The number of benzene rings is 1. The van der Waals surface area contributed by atoms with Gasteiger partial charge in [0, 0.05) is 35.3 Å². The maximum atomic E-state index is 4.95. The third kappa shape index (κ3) is 4.22. The number of rotatable bonds is 5. The summed E-state index contributed by atoms with van der Waals surface area (Å²) in [7, 11) is -1.54. The molecule has 0 N–H and O–H groups in total. The van der Waals surface area contributed by atoms with Crippen molar-refractivity contribution in [2.45, 2.75) is 63.2 Å². The Bertz CT molecular complexity index is 1190. The van der Waals surface area contributed by atoms with E-state index in [0.717, 1.165) is 53.9 Å². The molecule has 1 fully saturated rings. The first kappa shape index (κ1) is 22.6. The summed E-state index contributed by atoms with van der Waals surface area (Å²) in [6.45, 7) is 10.9. The maximum absolute atomic E-state index is 4.95. The van der Waals surface area contributed by atoms with Crippen LogP contribution >= 0.6 is 25.3 Å². The number of piperidine rings is 1. The average molecular weight is 502 g/mol. The first-order chi connectivity index (χ1) is 14.6. The molecule has 6 heteroatoms. The van der Waals surface area contributed by atoms with E-state index in [2.05, 4.69) is 95.1 Å². The lowest BCUT2D eigenvalue weighted by Crippen LogP contribution is -2.32. The monoisotopic (exact) mass is 500 g/mol. The third-order valence-electron chi connectivity index (χ3n) is 6.88. The fourth-order valence-electron chi connectivity index (χ4n) is 4.33. The Kier molecular flexibility index (Phi) is 6.10. The second-order valence-corrected chi connectivity index (χ2v) is 12.9. The number of aryl methyl sites for hydroxylation is 1. The zero-order valence-corrected chi connectivity index (χ0v) is 21.5. The third-order valence-corrected chi connectivity index (χ3v) is 9.91. The lowest BCUT2D eigenvalue weighted by molar-refractivity contribution is 0.337. The van der Waals surface area contributed by atoms with Gasteiger partial charge < -0.3 is 0 Å². The summed E-state index contributed by atoms with van der Waals surface area (Å²) in [4.78, 5) is 6.20. The highest BCUT2D eigenvalue weighted by atomic mass is 79.9. The number of halogens is 1. The molecule has 0 amide bonds. The van der Waals surface area contributed by atoms with E-state index in [9.17, 15) is 0 Å². The Balaban J connectivity index is 1.60. The topological polar surface area (TPSA) is 33.4 Å². The zero-order chi connectivity index (χ0) is 22.4. The molecule has 0 saturated carbocycles. The molecule has 1 unspecified atom stereocenters. The van der Waals surface area contributed by atoms with Crippen molar-refractivity contribution in [1.29, 1.82) is 0 Å². The second kappa shape index (κ2) is 8.38. The van der Waals surface area contributed by atoms with Crippen LogP contribution < -0.4 is 0 Å². The van der Waals surface area contributed by atoms with Crippen LogP contribution in [0.3, 0.4) is 0 Å². The molecule has 166 valence electrons. The van der Waals surface area contributed by atoms with Gasteiger partial charge in [0.05, 0.1) is 10.7 Å². The molecule has 0 radical (unpaired) electrons. The number of fused-ring (bicyclic) bond motifs is 1. The highest BCUT2D eigenvalue weighted by Crippen LogP contribution is 2.42. The van der Waals surface area contributed by atoms with Gasteiger partial charge >= 0.3 is 0 Å². The normalized spacial score (nSPS) is 18.5. The SMILES string of the molecule is C=S(=C)(c1ccc(C(C)(C)CC)cc1)N1CCCC(c2cc(C)n3ncc(Br)c3n2)C1. The van der Waals surface area contributed by atoms with Crippen LogP contribution in [0.25, 0.3) is 5.65 Å². The Morgan fingerprint density at radius 1 is 1.23 bits per heavy atom. The minimum atomic E-state index is -1.54. The van der Waals surface area contributed by atoms with Crippen molar-refractivity contribution in [3.63, 3.8) is 0 Å². The van der Waals surface area contributed by atoms with Crippen LogP contribution in [0.1, 0.15) is 62.9 Å². The minimum absolute atomic E-state index is 0.194. The fourth-order valence-corrected chi connectivity index (χ4v) is 6.57. The van der Waals surface area contributed by atoms with Crippen LogP contribution in [0.15, 0.2) is 45.9 Å². The fraction of sp³-hybridized carbons (Fsp3) is 0.440. The first-order valence-corrected chi connectivity index (χ1v) is 13.7. The summed E-state index contributed by atoms with van der Waals surface area (Å²) < 4.78 is 5.34. The summed E-state index contributed by atoms with van der Waals surface area (Å²) in [6, 6.07) is 11.2. The highest BCUT2D eigenvalue weighted by Gasteiger charge is 2.27. The van der Waals surface area contributed by atoms with E-state index in [1.807, 2.05) is 10.7 Å². The van der Waals surface area contributed by atoms with Gasteiger partial charge in [-0.05, 0) is 71.3 Å². The summed E-state index contributed by atoms with van der Waals surface area (Å²) in [5, 5.41) is 4.41. The lowest BCUT2D eigenvalue weighted by atomic mass is 9.82. The van der Waals surface area contributed by atoms with Crippen molar-refractivity contribution in [2.24, 2.45) is 0 Å². The Morgan fingerprint density at radius 3 is 2.61 bits per heavy atom. The maximum Gasteiger partial charge on any atom is 0.169 e.